The highest BCUT2D eigenvalue weighted by atomic mass is 35.5. The summed E-state index contributed by atoms with van der Waals surface area (Å²) in [6, 6.07) is 17.9. The largest absolute Gasteiger partial charge is 0.487 e. The fraction of sp³-hybridized carbons (Fsp3) is 0.120. The predicted molar refractivity (Wildman–Crippen MR) is 130 cm³/mol. The van der Waals surface area contributed by atoms with Gasteiger partial charge in [0.1, 0.15) is 24.0 Å². The van der Waals surface area contributed by atoms with E-state index in [1.165, 1.54) is 12.1 Å². The Kier molecular flexibility index (Phi) is 7.82. The first-order valence-electron chi connectivity index (χ1n) is 9.64. The molecule has 3 aromatic carbocycles. The summed E-state index contributed by atoms with van der Waals surface area (Å²) in [5, 5.41) is 13.5. The third kappa shape index (κ3) is 5.83. The van der Waals surface area contributed by atoms with E-state index in [-0.39, 0.29) is 17.2 Å². The van der Waals surface area contributed by atoms with Crippen molar-refractivity contribution in [3.8, 4) is 11.8 Å². The number of nitriles is 1. The minimum absolute atomic E-state index is 0.120. The molecule has 32 heavy (non-hydrogen) atoms. The molecule has 1 N–H and O–H groups in total. The Balaban J connectivity index is 1.91. The lowest BCUT2D eigenvalue weighted by atomic mass is 10.1. The maximum atomic E-state index is 12.8. The molecule has 1 amide bonds. The summed E-state index contributed by atoms with van der Waals surface area (Å²) in [6.07, 6.45) is 1.40. The monoisotopic (exact) mass is 484 g/mol. The molecule has 0 aliphatic heterocycles. The second-order valence-electron chi connectivity index (χ2n) is 7.13. The highest BCUT2D eigenvalue weighted by Gasteiger charge is 2.16. The molecule has 4 nitrogen and oxygen atoms in total. The molecule has 162 valence electrons. The molecule has 3 rings (SSSR count). The van der Waals surface area contributed by atoms with Gasteiger partial charge in [-0.05, 0) is 49.8 Å². The molecular weight excluding hydrogens is 467 g/mol. The first-order valence-corrected chi connectivity index (χ1v) is 10.8. The first kappa shape index (κ1) is 23.7. The van der Waals surface area contributed by atoms with Gasteiger partial charge in [-0.15, -0.1) is 0 Å². The normalized spacial score (nSPS) is 11.1. The summed E-state index contributed by atoms with van der Waals surface area (Å²) in [6.45, 7) is 4.00. The van der Waals surface area contributed by atoms with E-state index >= 15 is 0 Å². The van der Waals surface area contributed by atoms with E-state index in [2.05, 4.69) is 5.32 Å². The molecule has 0 atom stereocenters. The zero-order chi connectivity index (χ0) is 23.3. The summed E-state index contributed by atoms with van der Waals surface area (Å²) < 4.78 is 5.90. The smallest absolute Gasteiger partial charge is 0.266 e. The second-order valence-corrected chi connectivity index (χ2v) is 8.38. The van der Waals surface area contributed by atoms with Crippen molar-refractivity contribution < 1.29 is 9.53 Å². The van der Waals surface area contributed by atoms with E-state index in [0.717, 1.165) is 16.7 Å². The van der Waals surface area contributed by atoms with E-state index in [9.17, 15) is 10.1 Å². The van der Waals surface area contributed by atoms with E-state index in [4.69, 9.17) is 39.5 Å². The molecule has 0 fully saturated rings. The Bertz CT molecular complexity index is 1250. The van der Waals surface area contributed by atoms with Gasteiger partial charge in [-0.2, -0.15) is 5.26 Å². The second kappa shape index (κ2) is 10.6. The number of carbonyl (C=O) groups excluding carboxylic acids is 1. The first-order chi connectivity index (χ1) is 15.3. The van der Waals surface area contributed by atoms with Crippen LogP contribution in [-0.2, 0) is 11.4 Å². The van der Waals surface area contributed by atoms with Gasteiger partial charge in [0, 0.05) is 26.9 Å². The Hall–Kier alpha value is -2.97. The number of benzene rings is 3. The highest BCUT2D eigenvalue weighted by Crippen LogP contribution is 2.35. The van der Waals surface area contributed by atoms with Crippen molar-refractivity contribution in [3.63, 3.8) is 0 Å². The quantitative estimate of drug-likeness (QED) is 0.292. The van der Waals surface area contributed by atoms with Crippen molar-refractivity contribution in [2.75, 3.05) is 5.32 Å². The van der Waals surface area contributed by atoms with Crippen molar-refractivity contribution in [2.24, 2.45) is 0 Å². The molecule has 0 radical (unpaired) electrons. The number of aryl methyl sites for hydroxylation is 2. The lowest BCUT2D eigenvalue weighted by molar-refractivity contribution is -0.112. The number of hydrogen-bond donors (Lipinski definition) is 1. The van der Waals surface area contributed by atoms with Crippen LogP contribution in [0.1, 0.15) is 22.3 Å². The standard InChI is InChI=1S/C25H19Cl3N2O2/c1-15-7-8-23(16(2)9-15)30-25(31)19(13-29)10-18-11-20(26)12-22(28)24(18)32-14-17-5-3-4-6-21(17)27/h3-12H,14H2,1-2H3,(H,30,31)/b19-10+. The molecule has 0 saturated heterocycles. The molecule has 0 spiro atoms. The number of halogens is 3. The van der Waals surface area contributed by atoms with Crippen molar-refractivity contribution in [2.45, 2.75) is 20.5 Å². The lowest BCUT2D eigenvalue weighted by Gasteiger charge is -2.13. The van der Waals surface area contributed by atoms with Crippen molar-refractivity contribution in [1.29, 1.82) is 5.26 Å². The number of nitrogens with zero attached hydrogens (tertiary/aromatic N) is 1. The molecule has 0 aliphatic rings. The van der Waals surface area contributed by atoms with Crippen LogP contribution in [0.3, 0.4) is 0 Å². The van der Waals surface area contributed by atoms with Gasteiger partial charge in [-0.3, -0.25) is 4.79 Å². The summed E-state index contributed by atoms with van der Waals surface area (Å²) in [4.78, 5) is 12.8. The van der Waals surface area contributed by atoms with Gasteiger partial charge < -0.3 is 10.1 Å². The average Bonchev–Trinajstić information content (AvgIpc) is 2.74. The van der Waals surface area contributed by atoms with E-state index in [1.807, 2.05) is 50.2 Å². The lowest BCUT2D eigenvalue weighted by Crippen LogP contribution is -2.14. The number of ether oxygens (including phenoxy) is 1. The molecule has 0 aromatic heterocycles. The van der Waals surface area contributed by atoms with Gasteiger partial charge in [-0.1, -0.05) is 70.7 Å². The summed E-state index contributed by atoms with van der Waals surface area (Å²) >= 11 is 18.7. The van der Waals surface area contributed by atoms with Gasteiger partial charge in [0.25, 0.3) is 5.91 Å². The van der Waals surface area contributed by atoms with Gasteiger partial charge in [0.05, 0.1) is 5.02 Å². The van der Waals surface area contributed by atoms with Crippen LogP contribution < -0.4 is 10.1 Å². The number of anilines is 1. The zero-order valence-electron chi connectivity index (χ0n) is 17.4. The molecule has 0 bridgehead atoms. The summed E-state index contributed by atoms with van der Waals surface area (Å²) in [5.74, 6) is -0.254. The van der Waals surface area contributed by atoms with Crippen molar-refractivity contribution in [1.82, 2.24) is 0 Å². The maximum Gasteiger partial charge on any atom is 0.266 e. The molecule has 0 unspecified atom stereocenters. The van der Waals surface area contributed by atoms with Gasteiger partial charge in [0.2, 0.25) is 0 Å². The van der Waals surface area contributed by atoms with Crippen molar-refractivity contribution >= 4 is 52.5 Å². The molecule has 0 saturated carbocycles. The van der Waals surface area contributed by atoms with Crippen molar-refractivity contribution in [3.05, 3.63) is 97.5 Å². The highest BCUT2D eigenvalue weighted by molar-refractivity contribution is 6.36. The van der Waals surface area contributed by atoms with Crippen LogP contribution in [0.2, 0.25) is 15.1 Å². The third-order valence-electron chi connectivity index (χ3n) is 4.66. The van der Waals surface area contributed by atoms with Crippen LogP contribution in [0.5, 0.6) is 5.75 Å². The number of hydrogen-bond acceptors (Lipinski definition) is 3. The SMILES string of the molecule is Cc1ccc(NC(=O)/C(C#N)=C/c2cc(Cl)cc(Cl)c2OCc2ccccc2Cl)c(C)c1. The molecule has 0 heterocycles. The van der Waals surface area contributed by atoms with Gasteiger partial charge in [-0.25, -0.2) is 0 Å². The van der Waals surface area contributed by atoms with Crippen LogP contribution >= 0.6 is 34.8 Å². The minimum atomic E-state index is -0.549. The Labute approximate surface area is 202 Å². The molecular formula is C25H19Cl3N2O2. The predicted octanol–water partition coefficient (Wildman–Crippen LogP) is 7.39. The van der Waals surface area contributed by atoms with Crippen LogP contribution in [-0.4, -0.2) is 5.91 Å². The zero-order valence-corrected chi connectivity index (χ0v) is 19.6. The number of carbonyl (C=O) groups is 1. The number of nitrogens with one attached hydrogen (secondary N) is 1. The van der Waals surface area contributed by atoms with E-state index in [1.54, 1.807) is 18.2 Å². The Morgan fingerprint density at radius 3 is 2.50 bits per heavy atom. The summed E-state index contributed by atoms with van der Waals surface area (Å²) in [5.41, 5.74) is 3.65. The van der Waals surface area contributed by atoms with Crippen LogP contribution in [0.15, 0.2) is 60.2 Å². The fourth-order valence-corrected chi connectivity index (χ4v) is 3.81. The fourth-order valence-electron chi connectivity index (χ4n) is 3.05. The Morgan fingerprint density at radius 2 is 1.81 bits per heavy atom. The van der Waals surface area contributed by atoms with Gasteiger partial charge in [0.15, 0.2) is 0 Å². The molecule has 0 aliphatic carbocycles. The van der Waals surface area contributed by atoms with E-state index < -0.39 is 5.91 Å². The molecule has 7 heteroatoms. The third-order valence-corrected chi connectivity index (χ3v) is 5.53. The van der Waals surface area contributed by atoms with Gasteiger partial charge >= 0.3 is 0 Å². The topological polar surface area (TPSA) is 62.1 Å². The van der Waals surface area contributed by atoms with E-state index in [0.29, 0.717) is 27.0 Å². The summed E-state index contributed by atoms with van der Waals surface area (Å²) in [7, 11) is 0. The maximum absolute atomic E-state index is 12.8. The average molecular weight is 486 g/mol. The number of rotatable bonds is 6. The van der Waals surface area contributed by atoms with Crippen LogP contribution in [0.25, 0.3) is 6.08 Å². The Morgan fingerprint density at radius 1 is 1.06 bits per heavy atom. The van der Waals surface area contributed by atoms with Crippen LogP contribution in [0.4, 0.5) is 5.69 Å². The number of amides is 1. The minimum Gasteiger partial charge on any atom is -0.487 e. The van der Waals surface area contributed by atoms with Crippen LogP contribution in [0, 0.1) is 25.2 Å². The molecule has 3 aromatic rings.